The van der Waals surface area contributed by atoms with Gasteiger partial charge in [0.15, 0.2) is 0 Å². The van der Waals surface area contributed by atoms with Crippen LogP contribution in [0.2, 0.25) is 10.0 Å². The molecule has 1 rings (SSSR count). The second-order valence-corrected chi connectivity index (χ2v) is 5.24. The van der Waals surface area contributed by atoms with E-state index in [4.69, 9.17) is 23.2 Å². The molecule has 17 heavy (non-hydrogen) atoms. The second-order valence-electron chi connectivity index (χ2n) is 4.37. The first kappa shape index (κ1) is 14.8. The summed E-state index contributed by atoms with van der Waals surface area (Å²) in [5.41, 5.74) is 1.15. The molecule has 0 aromatic heterocycles. The predicted molar refractivity (Wildman–Crippen MR) is 76.9 cm³/mol. The second kappa shape index (κ2) is 8.79. The molecule has 0 bridgehead atoms. The standard InChI is InChI=1S/C14H21Cl2N/c1-2-3-4-5-6-7-17-11-12-8-13(15)10-14(16)9-12/h8-10,17H,2-7,11H2,1H3. The van der Waals surface area contributed by atoms with Crippen molar-refractivity contribution in [1.82, 2.24) is 5.32 Å². The van der Waals surface area contributed by atoms with E-state index in [0.29, 0.717) is 10.0 Å². The minimum Gasteiger partial charge on any atom is -0.313 e. The van der Waals surface area contributed by atoms with Crippen LogP contribution in [-0.2, 0) is 6.54 Å². The van der Waals surface area contributed by atoms with Gasteiger partial charge in [-0.15, -0.1) is 0 Å². The number of hydrogen-bond acceptors (Lipinski definition) is 1. The Morgan fingerprint density at radius 2 is 1.59 bits per heavy atom. The van der Waals surface area contributed by atoms with Crippen LogP contribution in [0.4, 0.5) is 0 Å². The zero-order valence-electron chi connectivity index (χ0n) is 10.4. The predicted octanol–water partition coefficient (Wildman–Crippen LogP) is 5.05. The van der Waals surface area contributed by atoms with Gasteiger partial charge < -0.3 is 5.32 Å². The number of halogens is 2. The summed E-state index contributed by atoms with van der Waals surface area (Å²) in [5.74, 6) is 0. The average Bonchev–Trinajstić information content (AvgIpc) is 2.26. The van der Waals surface area contributed by atoms with Crippen molar-refractivity contribution in [2.24, 2.45) is 0 Å². The van der Waals surface area contributed by atoms with Crippen molar-refractivity contribution in [3.8, 4) is 0 Å². The largest absolute Gasteiger partial charge is 0.313 e. The molecule has 0 saturated heterocycles. The third kappa shape index (κ3) is 6.92. The molecule has 3 heteroatoms. The third-order valence-electron chi connectivity index (χ3n) is 2.71. The molecular formula is C14H21Cl2N. The Hall–Kier alpha value is -0.240. The van der Waals surface area contributed by atoms with Crippen LogP contribution in [0.1, 0.15) is 44.6 Å². The van der Waals surface area contributed by atoms with E-state index in [1.54, 1.807) is 6.07 Å². The summed E-state index contributed by atoms with van der Waals surface area (Å²) < 4.78 is 0. The Labute approximate surface area is 115 Å². The van der Waals surface area contributed by atoms with Crippen molar-refractivity contribution in [3.63, 3.8) is 0 Å². The first-order chi connectivity index (χ1) is 8.22. The minimum atomic E-state index is 0.706. The Balaban J connectivity index is 2.13. The molecule has 0 atom stereocenters. The van der Waals surface area contributed by atoms with E-state index in [9.17, 15) is 0 Å². The lowest BCUT2D eigenvalue weighted by Gasteiger charge is -2.06. The summed E-state index contributed by atoms with van der Waals surface area (Å²) in [5, 5.41) is 4.83. The lowest BCUT2D eigenvalue weighted by atomic mass is 10.1. The number of nitrogens with one attached hydrogen (secondary N) is 1. The molecule has 0 aliphatic carbocycles. The molecule has 0 aliphatic rings. The molecule has 1 aromatic carbocycles. The summed E-state index contributed by atoms with van der Waals surface area (Å²) >= 11 is 11.9. The van der Waals surface area contributed by atoms with Crippen LogP contribution in [0.15, 0.2) is 18.2 Å². The van der Waals surface area contributed by atoms with Gasteiger partial charge in [-0.2, -0.15) is 0 Å². The molecular weight excluding hydrogens is 253 g/mol. The summed E-state index contributed by atoms with van der Waals surface area (Å²) in [6.07, 6.45) is 6.56. The maximum Gasteiger partial charge on any atom is 0.0424 e. The minimum absolute atomic E-state index is 0.706. The van der Waals surface area contributed by atoms with Gasteiger partial charge in [0.2, 0.25) is 0 Å². The first-order valence-electron chi connectivity index (χ1n) is 6.38. The molecule has 0 radical (unpaired) electrons. The molecule has 0 saturated carbocycles. The maximum atomic E-state index is 5.94. The van der Waals surface area contributed by atoms with E-state index in [1.807, 2.05) is 12.1 Å². The fourth-order valence-electron chi connectivity index (χ4n) is 1.80. The van der Waals surface area contributed by atoms with Crippen molar-refractivity contribution in [2.45, 2.75) is 45.6 Å². The van der Waals surface area contributed by atoms with Crippen LogP contribution in [0.5, 0.6) is 0 Å². The molecule has 1 aromatic rings. The number of rotatable bonds is 8. The third-order valence-corrected chi connectivity index (χ3v) is 3.15. The number of hydrogen-bond donors (Lipinski definition) is 1. The molecule has 0 amide bonds. The van der Waals surface area contributed by atoms with Crippen molar-refractivity contribution in [3.05, 3.63) is 33.8 Å². The van der Waals surface area contributed by atoms with Crippen LogP contribution in [0, 0.1) is 0 Å². The maximum absolute atomic E-state index is 5.94. The smallest absolute Gasteiger partial charge is 0.0424 e. The van der Waals surface area contributed by atoms with Crippen LogP contribution in [0.25, 0.3) is 0 Å². The zero-order valence-corrected chi connectivity index (χ0v) is 11.9. The van der Waals surface area contributed by atoms with E-state index in [0.717, 1.165) is 18.7 Å². The van der Waals surface area contributed by atoms with Gasteiger partial charge in [0.1, 0.15) is 0 Å². The van der Waals surface area contributed by atoms with E-state index < -0.39 is 0 Å². The molecule has 96 valence electrons. The van der Waals surface area contributed by atoms with E-state index in [1.165, 1.54) is 32.1 Å². The summed E-state index contributed by atoms with van der Waals surface area (Å²) in [6, 6.07) is 5.67. The van der Waals surface area contributed by atoms with Crippen LogP contribution < -0.4 is 5.32 Å². The van der Waals surface area contributed by atoms with Crippen molar-refractivity contribution < 1.29 is 0 Å². The van der Waals surface area contributed by atoms with Crippen molar-refractivity contribution >= 4 is 23.2 Å². The Morgan fingerprint density at radius 1 is 0.941 bits per heavy atom. The lowest BCUT2D eigenvalue weighted by Crippen LogP contribution is -2.14. The SMILES string of the molecule is CCCCCCCNCc1cc(Cl)cc(Cl)c1. The van der Waals surface area contributed by atoms with Gasteiger partial charge in [0, 0.05) is 16.6 Å². The van der Waals surface area contributed by atoms with Crippen molar-refractivity contribution in [2.75, 3.05) is 6.54 Å². The highest BCUT2D eigenvalue weighted by atomic mass is 35.5. The van der Waals surface area contributed by atoms with Gasteiger partial charge in [-0.25, -0.2) is 0 Å². The average molecular weight is 274 g/mol. The molecule has 0 heterocycles. The van der Waals surface area contributed by atoms with Gasteiger partial charge in [-0.3, -0.25) is 0 Å². The monoisotopic (exact) mass is 273 g/mol. The summed E-state index contributed by atoms with van der Waals surface area (Å²) in [7, 11) is 0. The van der Waals surface area contributed by atoms with Crippen LogP contribution >= 0.6 is 23.2 Å². The van der Waals surface area contributed by atoms with Gasteiger partial charge in [0.25, 0.3) is 0 Å². The van der Waals surface area contributed by atoms with Crippen LogP contribution in [-0.4, -0.2) is 6.54 Å². The van der Waals surface area contributed by atoms with Gasteiger partial charge in [0.05, 0.1) is 0 Å². The van der Waals surface area contributed by atoms with Gasteiger partial charge in [-0.05, 0) is 36.7 Å². The summed E-state index contributed by atoms with van der Waals surface area (Å²) in [6.45, 7) is 4.14. The fraction of sp³-hybridized carbons (Fsp3) is 0.571. The molecule has 0 fully saturated rings. The van der Waals surface area contributed by atoms with E-state index in [2.05, 4.69) is 12.2 Å². The Morgan fingerprint density at radius 3 is 2.24 bits per heavy atom. The highest BCUT2D eigenvalue weighted by Crippen LogP contribution is 2.18. The Kier molecular flexibility index (Phi) is 7.67. The van der Waals surface area contributed by atoms with Gasteiger partial charge in [-0.1, -0.05) is 55.8 Å². The van der Waals surface area contributed by atoms with E-state index >= 15 is 0 Å². The molecule has 0 unspecified atom stereocenters. The highest BCUT2D eigenvalue weighted by Gasteiger charge is 1.97. The molecule has 1 nitrogen and oxygen atoms in total. The van der Waals surface area contributed by atoms with Gasteiger partial charge >= 0.3 is 0 Å². The number of benzene rings is 1. The molecule has 1 N–H and O–H groups in total. The zero-order chi connectivity index (χ0) is 12.5. The topological polar surface area (TPSA) is 12.0 Å². The Bertz CT molecular complexity index is 306. The fourth-order valence-corrected chi connectivity index (χ4v) is 2.37. The number of unbranched alkanes of at least 4 members (excludes halogenated alkanes) is 4. The van der Waals surface area contributed by atoms with E-state index in [-0.39, 0.29) is 0 Å². The highest BCUT2D eigenvalue weighted by molar-refractivity contribution is 6.34. The molecule has 0 spiro atoms. The molecule has 0 aliphatic heterocycles. The summed E-state index contributed by atoms with van der Waals surface area (Å²) in [4.78, 5) is 0. The lowest BCUT2D eigenvalue weighted by molar-refractivity contribution is 0.583. The van der Waals surface area contributed by atoms with Crippen LogP contribution in [0.3, 0.4) is 0 Å². The van der Waals surface area contributed by atoms with Crippen molar-refractivity contribution in [1.29, 1.82) is 0 Å². The first-order valence-corrected chi connectivity index (χ1v) is 7.13. The normalized spacial score (nSPS) is 10.8. The quantitative estimate of drug-likeness (QED) is 0.654.